The third-order valence-electron chi connectivity index (χ3n) is 9.39. The SMILES string of the molecule is O=C(c1ccc(Cl)cc1)N1C[C@@H](C[N+]23CCC(c4ccccc4)(CC2)CC3)[C@H](c2ccc(Cl)c(Cl)c2)C1. The van der Waals surface area contributed by atoms with E-state index in [1.54, 1.807) is 12.1 Å². The molecule has 0 unspecified atom stereocenters. The molecule has 4 aliphatic rings. The van der Waals surface area contributed by atoms with E-state index in [-0.39, 0.29) is 11.8 Å². The van der Waals surface area contributed by atoms with Gasteiger partial charge in [-0.2, -0.15) is 0 Å². The Bertz CT molecular complexity index is 1270. The molecule has 2 atom stereocenters. The predicted molar refractivity (Wildman–Crippen MR) is 152 cm³/mol. The van der Waals surface area contributed by atoms with Crippen LogP contribution >= 0.6 is 34.8 Å². The number of quaternary nitrogens is 1. The molecule has 3 aromatic rings. The zero-order chi connectivity index (χ0) is 25.6. The summed E-state index contributed by atoms with van der Waals surface area (Å²) >= 11 is 18.8. The Kier molecular flexibility index (Phi) is 6.77. The smallest absolute Gasteiger partial charge is 0.253 e. The lowest BCUT2D eigenvalue weighted by molar-refractivity contribution is -0.946. The molecule has 0 aliphatic carbocycles. The highest BCUT2D eigenvalue weighted by atomic mass is 35.5. The number of likely N-dealkylation sites (tertiary alicyclic amines) is 1. The molecule has 4 aliphatic heterocycles. The molecule has 6 heteroatoms. The van der Waals surface area contributed by atoms with Gasteiger partial charge in [-0.3, -0.25) is 4.79 Å². The van der Waals surface area contributed by atoms with Crippen LogP contribution in [0.3, 0.4) is 0 Å². The number of carbonyl (C=O) groups is 1. The van der Waals surface area contributed by atoms with Crippen LogP contribution in [0.1, 0.15) is 46.7 Å². The van der Waals surface area contributed by atoms with Gasteiger partial charge >= 0.3 is 0 Å². The fraction of sp³-hybridized carbons (Fsp3) is 0.387. The predicted octanol–water partition coefficient (Wildman–Crippen LogP) is 7.45. The van der Waals surface area contributed by atoms with Gasteiger partial charge in [0.05, 0.1) is 36.2 Å². The number of hydrogen-bond acceptors (Lipinski definition) is 1. The molecule has 1 amide bonds. The van der Waals surface area contributed by atoms with Crippen molar-refractivity contribution in [3.63, 3.8) is 0 Å². The van der Waals surface area contributed by atoms with Crippen molar-refractivity contribution in [1.29, 1.82) is 0 Å². The van der Waals surface area contributed by atoms with Crippen molar-refractivity contribution in [2.45, 2.75) is 30.6 Å². The van der Waals surface area contributed by atoms with E-state index >= 15 is 0 Å². The number of rotatable bonds is 5. The van der Waals surface area contributed by atoms with Crippen LogP contribution in [-0.4, -0.2) is 54.6 Å². The normalized spacial score (nSPS) is 29.0. The highest BCUT2D eigenvalue weighted by Crippen LogP contribution is 2.48. The van der Waals surface area contributed by atoms with Gasteiger partial charge in [-0.15, -0.1) is 0 Å². The number of nitrogens with zero attached hydrogens (tertiary/aromatic N) is 2. The Hall–Kier alpha value is -2.04. The number of benzene rings is 3. The molecule has 3 aromatic carbocycles. The van der Waals surface area contributed by atoms with E-state index in [4.69, 9.17) is 34.8 Å². The van der Waals surface area contributed by atoms with E-state index < -0.39 is 0 Å². The molecular weight excluding hydrogens is 523 g/mol. The van der Waals surface area contributed by atoms with Crippen LogP contribution in [0.25, 0.3) is 0 Å². The van der Waals surface area contributed by atoms with E-state index in [1.165, 1.54) is 54.5 Å². The number of piperidine rings is 3. The Balaban J connectivity index is 1.24. The summed E-state index contributed by atoms with van der Waals surface area (Å²) < 4.78 is 1.17. The standard InChI is InChI=1S/C31H32Cl3N2O/c32-26-9-6-22(7-10-26)30(37)35-19-24(27(20-35)23-8-11-28(33)29(34)18-23)21-36-15-12-31(13-16-36,14-17-36)25-4-2-1-3-5-25/h1-11,18,24,27H,12-17,19-21H2/q+1/t24-,27-,31?,36?/m0/s1. The molecule has 7 rings (SSSR count). The molecule has 0 radical (unpaired) electrons. The summed E-state index contributed by atoms with van der Waals surface area (Å²) in [6.07, 6.45) is 3.73. The second kappa shape index (κ2) is 9.93. The number of fused-ring (bicyclic) bond motifs is 3. The molecule has 2 bridgehead atoms. The summed E-state index contributed by atoms with van der Waals surface area (Å²) in [5.41, 5.74) is 3.73. The lowest BCUT2D eigenvalue weighted by Crippen LogP contribution is -2.64. The highest BCUT2D eigenvalue weighted by molar-refractivity contribution is 6.42. The summed E-state index contributed by atoms with van der Waals surface area (Å²) in [5, 5.41) is 1.79. The van der Waals surface area contributed by atoms with Crippen LogP contribution in [0.2, 0.25) is 15.1 Å². The molecule has 3 nitrogen and oxygen atoms in total. The molecular formula is C31H32Cl3N2O+. The summed E-state index contributed by atoms with van der Waals surface area (Å²) in [4.78, 5) is 15.5. The minimum atomic E-state index is 0.0737. The van der Waals surface area contributed by atoms with Gasteiger partial charge in [0.15, 0.2) is 0 Å². The van der Waals surface area contributed by atoms with Crippen LogP contribution in [0, 0.1) is 5.92 Å². The second-order valence-corrected chi connectivity index (χ2v) is 12.6. The third-order valence-corrected chi connectivity index (χ3v) is 10.4. The molecule has 192 valence electrons. The van der Waals surface area contributed by atoms with Crippen LogP contribution in [-0.2, 0) is 5.41 Å². The van der Waals surface area contributed by atoms with Gasteiger partial charge in [0.2, 0.25) is 0 Å². The van der Waals surface area contributed by atoms with Crippen LogP contribution < -0.4 is 0 Å². The Morgan fingerprint density at radius 1 is 0.838 bits per heavy atom. The summed E-state index contributed by atoms with van der Waals surface area (Å²) in [5.74, 6) is 0.682. The van der Waals surface area contributed by atoms with Gasteiger partial charge in [-0.25, -0.2) is 0 Å². The maximum atomic E-state index is 13.5. The summed E-state index contributed by atoms with van der Waals surface area (Å²) in [7, 11) is 0. The molecule has 4 heterocycles. The lowest BCUT2D eigenvalue weighted by Gasteiger charge is -2.56. The largest absolute Gasteiger partial charge is 0.337 e. The quantitative estimate of drug-likeness (QED) is 0.300. The van der Waals surface area contributed by atoms with Gasteiger partial charge in [-0.05, 0) is 47.5 Å². The van der Waals surface area contributed by atoms with Crippen LogP contribution in [0.5, 0.6) is 0 Å². The minimum absolute atomic E-state index is 0.0737. The average Bonchev–Trinajstić information content (AvgIpc) is 3.35. The van der Waals surface area contributed by atoms with E-state index in [2.05, 4.69) is 36.4 Å². The molecule has 37 heavy (non-hydrogen) atoms. The Morgan fingerprint density at radius 3 is 2.16 bits per heavy atom. The van der Waals surface area contributed by atoms with Gasteiger partial charge < -0.3 is 9.38 Å². The monoisotopic (exact) mass is 553 g/mol. The van der Waals surface area contributed by atoms with Gasteiger partial charge in [-0.1, -0.05) is 71.2 Å². The maximum Gasteiger partial charge on any atom is 0.253 e. The van der Waals surface area contributed by atoms with Crippen molar-refractivity contribution in [3.8, 4) is 0 Å². The van der Waals surface area contributed by atoms with E-state index in [0.717, 1.165) is 13.1 Å². The van der Waals surface area contributed by atoms with Crippen molar-refractivity contribution < 1.29 is 9.28 Å². The Morgan fingerprint density at radius 2 is 1.51 bits per heavy atom. The Labute approximate surface area is 234 Å². The van der Waals surface area contributed by atoms with E-state index in [9.17, 15) is 4.79 Å². The molecule has 0 N–H and O–H groups in total. The molecule has 4 fully saturated rings. The summed E-state index contributed by atoms with van der Waals surface area (Å²) in [6, 6.07) is 24.3. The number of hydrogen-bond donors (Lipinski definition) is 0. The first-order valence-electron chi connectivity index (χ1n) is 13.3. The van der Waals surface area contributed by atoms with Crippen LogP contribution in [0.4, 0.5) is 0 Å². The fourth-order valence-corrected chi connectivity index (χ4v) is 7.61. The molecule has 4 saturated heterocycles. The molecule has 0 saturated carbocycles. The van der Waals surface area contributed by atoms with Crippen molar-refractivity contribution in [1.82, 2.24) is 4.90 Å². The van der Waals surface area contributed by atoms with Gasteiger partial charge in [0, 0.05) is 60.2 Å². The van der Waals surface area contributed by atoms with E-state index in [1.807, 2.05) is 29.2 Å². The highest BCUT2D eigenvalue weighted by Gasteiger charge is 2.52. The van der Waals surface area contributed by atoms with Gasteiger partial charge in [0.1, 0.15) is 0 Å². The van der Waals surface area contributed by atoms with Crippen LogP contribution in [0.15, 0.2) is 72.8 Å². The fourth-order valence-electron chi connectivity index (χ4n) is 7.18. The lowest BCUT2D eigenvalue weighted by atomic mass is 9.66. The first kappa shape index (κ1) is 25.2. The topological polar surface area (TPSA) is 20.3 Å². The molecule has 0 aromatic heterocycles. The van der Waals surface area contributed by atoms with E-state index in [0.29, 0.717) is 38.5 Å². The number of halogens is 3. The first-order chi connectivity index (χ1) is 17.9. The van der Waals surface area contributed by atoms with Crippen molar-refractivity contribution in [3.05, 3.63) is 105 Å². The number of carbonyl (C=O) groups excluding carboxylic acids is 1. The third kappa shape index (κ3) is 4.81. The minimum Gasteiger partial charge on any atom is -0.337 e. The summed E-state index contributed by atoms with van der Waals surface area (Å²) in [6.45, 7) is 6.19. The van der Waals surface area contributed by atoms with Crippen molar-refractivity contribution >= 4 is 40.7 Å². The first-order valence-corrected chi connectivity index (χ1v) is 14.4. The average molecular weight is 555 g/mol. The second-order valence-electron chi connectivity index (χ2n) is 11.3. The molecule has 0 spiro atoms. The maximum absolute atomic E-state index is 13.5. The van der Waals surface area contributed by atoms with Gasteiger partial charge in [0.25, 0.3) is 5.91 Å². The van der Waals surface area contributed by atoms with Crippen molar-refractivity contribution in [2.75, 3.05) is 39.3 Å². The van der Waals surface area contributed by atoms with Crippen molar-refractivity contribution in [2.24, 2.45) is 5.92 Å². The number of amides is 1. The zero-order valence-corrected chi connectivity index (χ0v) is 23.2. The zero-order valence-electron chi connectivity index (χ0n) is 20.9.